The number of rotatable bonds is 4. The minimum Gasteiger partial charge on any atom is -0.387 e. The average molecular weight is 174 g/mol. The SMILES string of the molecule is CC(CSC1COC1)C(=N)N. The van der Waals surface area contributed by atoms with Crippen LogP contribution in [0.15, 0.2) is 0 Å². The molecule has 11 heavy (non-hydrogen) atoms. The fraction of sp³-hybridized carbons (Fsp3) is 0.857. The van der Waals surface area contributed by atoms with Crippen LogP contribution in [-0.2, 0) is 4.74 Å². The Morgan fingerprint density at radius 3 is 2.82 bits per heavy atom. The van der Waals surface area contributed by atoms with E-state index in [2.05, 4.69) is 0 Å². The van der Waals surface area contributed by atoms with Gasteiger partial charge in [0.25, 0.3) is 0 Å². The fourth-order valence-electron chi connectivity index (χ4n) is 0.681. The van der Waals surface area contributed by atoms with Crippen molar-refractivity contribution in [1.82, 2.24) is 0 Å². The van der Waals surface area contributed by atoms with E-state index in [4.69, 9.17) is 15.9 Å². The first-order chi connectivity index (χ1) is 5.20. The maximum atomic E-state index is 7.15. The molecule has 0 aromatic heterocycles. The highest BCUT2D eigenvalue weighted by molar-refractivity contribution is 8.00. The molecule has 0 aromatic carbocycles. The van der Waals surface area contributed by atoms with Crippen LogP contribution in [0.1, 0.15) is 6.92 Å². The smallest absolute Gasteiger partial charge is 0.0942 e. The maximum Gasteiger partial charge on any atom is 0.0942 e. The van der Waals surface area contributed by atoms with E-state index in [1.54, 1.807) is 0 Å². The molecule has 1 atom stereocenters. The Balaban J connectivity index is 2.05. The van der Waals surface area contributed by atoms with Gasteiger partial charge in [-0.05, 0) is 0 Å². The lowest BCUT2D eigenvalue weighted by Gasteiger charge is -2.26. The van der Waals surface area contributed by atoms with Gasteiger partial charge in [0, 0.05) is 11.7 Å². The van der Waals surface area contributed by atoms with Crippen LogP contribution in [0, 0.1) is 11.3 Å². The van der Waals surface area contributed by atoms with Gasteiger partial charge in [-0.2, -0.15) is 11.8 Å². The minimum absolute atomic E-state index is 0.209. The van der Waals surface area contributed by atoms with Crippen molar-refractivity contribution < 1.29 is 4.74 Å². The summed E-state index contributed by atoms with van der Waals surface area (Å²) in [4.78, 5) is 0. The summed E-state index contributed by atoms with van der Waals surface area (Å²) in [7, 11) is 0. The average Bonchev–Trinajstić information content (AvgIpc) is 1.83. The third-order valence-corrected chi connectivity index (χ3v) is 3.16. The first kappa shape index (κ1) is 8.87. The van der Waals surface area contributed by atoms with Crippen molar-refractivity contribution in [3.05, 3.63) is 0 Å². The van der Waals surface area contributed by atoms with Gasteiger partial charge >= 0.3 is 0 Å². The highest BCUT2D eigenvalue weighted by Crippen LogP contribution is 2.21. The molecule has 64 valence electrons. The van der Waals surface area contributed by atoms with Crippen molar-refractivity contribution in [2.24, 2.45) is 11.7 Å². The number of nitrogens with one attached hydrogen (secondary N) is 1. The van der Waals surface area contributed by atoms with Crippen molar-refractivity contribution in [1.29, 1.82) is 5.41 Å². The summed E-state index contributed by atoms with van der Waals surface area (Å²) < 4.78 is 5.02. The number of amidine groups is 1. The molecule has 1 aliphatic rings. The summed E-state index contributed by atoms with van der Waals surface area (Å²) in [6.45, 7) is 3.72. The molecule has 0 amide bonds. The summed E-state index contributed by atoms with van der Waals surface area (Å²) in [5, 5.41) is 7.80. The molecule has 0 spiro atoms. The molecule has 0 aliphatic carbocycles. The number of thioether (sulfide) groups is 1. The summed E-state index contributed by atoms with van der Waals surface area (Å²) in [5.74, 6) is 1.45. The molecule has 3 nitrogen and oxygen atoms in total. The van der Waals surface area contributed by atoms with E-state index in [1.165, 1.54) is 0 Å². The van der Waals surface area contributed by atoms with Crippen molar-refractivity contribution in [2.45, 2.75) is 12.2 Å². The van der Waals surface area contributed by atoms with E-state index < -0.39 is 0 Å². The fourth-order valence-corrected chi connectivity index (χ4v) is 1.81. The molecule has 1 heterocycles. The van der Waals surface area contributed by atoms with Crippen LogP contribution in [0.25, 0.3) is 0 Å². The van der Waals surface area contributed by atoms with Crippen LogP contribution < -0.4 is 5.73 Å². The Bertz CT molecular complexity index is 147. The van der Waals surface area contributed by atoms with E-state index >= 15 is 0 Å². The van der Waals surface area contributed by atoms with Gasteiger partial charge in [0.2, 0.25) is 0 Å². The summed E-state index contributed by atoms with van der Waals surface area (Å²) >= 11 is 1.85. The van der Waals surface area contributed by atoms with Crippen LogP contribution in [0.5, 0.6) is 0 Å². The third kappa shape index (κ3) is 2.71. The van der Waals surface area contributed by atoms with Crippen molar-refractivity contribution >= 4 is 17.6 Å². The van der Waals surface area contributed by atoms with Crippen LogP contribution in [0.3, 0.4) is 0 Å². The normalized spacial score (nSPS) is 20.8. The van der Waals surface area contributed by atoms with E-state index in [1.807, 2.05) is 18.7 Å². The second-order valence-corrected chi connectivity index (χ2v) is 4.18. The van der Waals surface area contributed by atoms with Crippen molar-refractivity contribution in [3.8, 4) is 0 Å². The Hall–Kier alpha value is -0.220. The molecule has 1 fully saturated rings. The van der Waals surface area contributed by atoms with E-state index in [0.717, 1.165) is 19.0 Å². The van der Waals surface area contributed by atoms with Gasteiger partial charge in [0.05, 0.1) is 24.3 Å². The monoisotopic (exact) mass is 174 g/mol. The molecular weight excluding hydrogens is 160 g/mol. The molecule has 1 rings (SSSR count). The van der Waals surface area contributed by atoms with Gasteiger partial charge in [-0.25, -0.2) is 0 Å². The number of hydrogen-bond donors (Lipinski definition) is 2. The highest BCUT2D eigenvalue weighted by Gasteiger charge is 2.19. The van der Waals surface area contributed by atoms with Crippen LogP contribution in [0.4, 0.5) is 0 Å². The molecule has 0 aromatic rings. The van der Waals surface area contributed by atoms with Crippen LogP contribution >= 0.6 is 11.8 Å². The predicted molar refractivity (Wildman–Crippen MR) is 48.1 cm³/mol. The molecule has 3 N–H and O–H groups in total. The zero-order valence-electron chi connectivity index (χ0n) is 6.67. The standard InChI is InChI=1S/C7H14N2OS/c1-5(7(8)9)4-11-6-2-10-3-6/h5-6H,2-4H2,1H3,(H3,8,9). The van der Waals surface area contributed by atoms with E-state index in [-0.39, 0.29) is 11.8 Å². The third-order valence-electron chi connectivity index (χ3n) is 1.72. The van der Waals surface area contributed by atoms with E-state index in [0.29, 0.717) is 5.25 Å². The van der Waals surface area contributed by atoms with Gasteiger partial charge in [-0.15, -0.1) is 0 Å². The number of ether oxygens (including phenoxy) is 1. The van der Waals surface area contributed by atoms with Crippen LogP contribution in [-0.4, -0.2) is 30.1 Å². The molecule has 1 unspecified atom stereocenters. The lowest BCUT2D eigenvalue weighted by atomic mass is 10.2. The highest BCUT2D eigenvalue weighted by atomic mass is 32.2. The lowest BCUT2D eigenvalue weighted by molar-refractivity contribution is 0.0455. The van der Waals surface area contributed by atoms with Gasteiger partial charge in [0.1, 0.15) is 0 Å². The molecule has 1 saturated heterocycles. The molecule has 0 saturated carbocycles. The predicted octanol–water partition coefficient (Wildman–Crippen LogP) is 0.690. The second kappa shape index (κ2) is 3.97. The Morgan fingerprint density at radius 1 is 1.82 bits per heavy atom. The number of nitrogens with two attached hydrogens (primary N) is 1. The van der Waals surface area contributed by atoms with Crippen molar-refractivity contribution in [2.75, 3.05) is 19.0 Å². The zero-order chi connectivity index (χ0) is 8.27. The quantitative estimate of drug-likeness (QED) is 0.487. The Morgan fingerprint density at radius 2 is 2.45 bits per heavy atom. The van der Waals surface area contributed by atoms with E-state index in [9.17, 15) is 0 Å². The first-order valence-electron chi connectivity index (χ1n) is 3.73. The zero-order valence-corrected chi connectivity index (χ0v) is 7.49. The molecule has 4 heteroatoms. The molecular formula is C7H14N2OS. The Kier molecular flexibility index (Phi) is 3.20. The molecule has 0 radical (unpaired) electrons. The van der Waals surface area contributed by atoms with Gasteiger partial charge in [-0.1, -0.05) is 6.92 Å². The number of hydrogen-bond acceptors (Lipinski definition) is 3. The maximum absolute atomic E-state index is 7.15. The minimum atomic E-state index is 0.209. The first-order valence-corrected chi connectivity index (χ1v) is 4.78. The molecule has 1 aliphatic heterocycles. The second-order valence-electron chi connectivity index (χ2n) is 2.85. The van der Waals surface area contributed by atoms with Gasteiger partial charge < -0.3 is 10.5 Å². The summed E-state index contributed by atoms with van der Waals surface area (Å²) in [6.07, 6.45) is 0. The van der Waals surface area contributed by atoms with Crippen LogP contribution in [0.2, 0.25) is 0 Å². The largest absolute Gasteiger partial charge is 0.387 e. The Labute approximate surface area is 71.2 Å². The van der Waals surface area contributed by atoms with Gasteiger partial charge in [0.15, 0.2) is 0 Å². The lowest BCUT2D eigenvalue weighted by Crippen LogP contribution is -2.32. The topological polar surface area (TPSA) is 59.1 Å². The van der Waals surface area contributed by atoms with Gasteiger partial charge in [-0.3, -0.25) is 5.41 Å². The summed E-state index contributed by atoms with van der Waals surface area (Å²) in [5.41, 5.74) is 5.32. The van der Waals surface area contributed by atoms with Crippen molar-refractivity contribution in [3.63, 3.8) is 0 Å². The summed E-state index contributed by atoms with van der Waals surface area (Å²) in [6, 6.07) is 0. The molecule has 0 bridgehead atoms.